The molecule has 0 bridgehead atoms. The van der Waals surface area contributed by atoms with Crippen LogP contribution in [0.25, 0.3) is 0 Å². The molecule has 0 aromatic rings. The van der Waals surface area contributed by atoms with Gasteiger partial charge in [-0.3, -0.25) is 5.32 Å². The summed E-state index contributed by atoms with van der Waals surface area (Å²) in [7, 11) is 0. The van der Waals surface area contributed by atoms with E-state index in [-0.39, 0.29) is 5.72 Å². The van der Waals surface area contributed by atoms with Crippen molar-refractivity contribution in [2.24, 2.45) is 52.3 Å². The lowest BCUT2D eigenvalue weighted by molar-refractivity contribution is -0.130. The number of hydrogen-bond acceptors (Lipinski definition) is 2. The predicted octanol–water partition coefficient (Wildman–Crippen LogP) is 6.21. The van der Waals surface area contributed by atoms with E-state index in [0.29, 0.717) is 22.9 Å². The zero-order valence-corrected chi connectivity index (χ0v) is 19.4. The first-order chi connectivity index (χ1) is 13.9. The molecule has 0 aromatic heterocycles. The van der Waals surface area contributed by atoms with Crippen LogP contribution in [0.2, 0.25) is 0 Å². The molecule has 29 heavy (non-hydrogen) atoms. The molecule has 2 saturated heterocycles. The summed E-state index contributed by atoms with van der Waals surface area (Å²) in [4.78, 5) is 0. The van der Waals surface area contributed by atoms with Crippen LogP contribution in [0.4, 0.5) is 0 Å². The van der Waals surface area contributed by atoms with Crippen molar-refractivity contribution in [3.8, 4) is 0 Å². The third kappa shape index (κ3) is 2.54. The second kappa shape index (κ2) is 6.47. The molecule has 0 amide bonds. The fourth-order valence-corrected chi connectivity index (χ4v) is 10.2. The maximum Gasteiger partial charge on any atom is 0.122 e. The lowest BCUT2D eigenvalue weighted by atomic mass is 9.44. The van der Waals surface area contributed by atoms with Gasteiger partial charge >= 0.3 is 0 Å². The quantitative estimate of drug-likeness (QED) is 0.524. The molecular formula is C27H44NO. The van der Waals surface area contributed by atoms with Crippen molar-refractivity contribution in [3.63, 3.8) is 0 Å². The molecule has 1 N–H and O–H groups in total. The van der Waals surface area contributed by atoms with Gasteiger partial charge in [-0.15, -0.1) is 0 Å². The van der Waals surface area contributed by atoms with Crippen LogP contribution in [-0.2, 0) is 4.74 Å². The van der Waals surface area contributed by atoms with E-state index >= 15 is 0 Å². The molecule has 0 unspecified atom stereocenters. The lowest BCUT2D eigenvalue weighted by Crippen LogP contribution is -2.57. The Labute approximate surface area is 179 Å². The Hall–Kier alpha value is -0.0800. The summed E-state index contributed by atoms with van der Waals surface area (Å²) in [6, 6.07) is 0. The maximum atomic E-state index is 7.03. The lowest BCUT2D eigenvalue weighted by Gasteiger charge is -2.61. The van der Waals surface area contributed by atoms with Gasteiger partial charge in [0.05, 0.1) is 6.10 Å². The Morgan fingerprint density at radius 1 is 0.931 bits per heavy atom. The van der Waals surface area contributed by atoms with E-state index in [4.69, 9.17) is 4.74 Å². The van der Waals surface area contributed by atoms with Gasteiger partial charge in [0.15, 0.2) is 0 Å². The average Bonchev–Trinajstić information content (AvgIpc) is 3.15. The zero-order chi connectivity index (χ0) is 20.0. The minimum atomic E-state index is -0.00445. The van der Waals surface area contributed by atoms with E-state index in [1.165, 1.54) is 64.2 Å². The van der Waals surface area contributed by atoms with E-state index < -0.39 is 0 Å². The second-order valence-electron chi connectivity index (χ2n) is 12.9. The summed E-state index contributed by atoms with van der Waals surface area (Å²) >= 11 is 0. The highest BCUT2D eigenvalue weighted by Gasteiger charge is 2.68. The summed E-state index contributed by atoms with van der Waals surface area (Å²) in [6.45, 7) is 11.5. The van der Waals surface area contributed by atoms with Gasteiger partial charge in [0, 0.05) is 12.5 Å². The van der Waals surface area contributed by atoms with Crippen LogP contribution >= 0.6 is 0 Å². The summed E-state index contributed by atoms with van der Waals surface area (Å²) in [6.07, 6.45) is 17.2. The maximum absolute atomic E-state index is 7.03. The van der Waals surface area contributed by atoms with Crippen LogP contribution < -0.4 is 5.32 Å². The first kappa shape index (κ1) is 19.6. The monoisotopic (exact) mass is 398 g/mol. The SMILES string of the molecule is C[C@@H]1CC[C@@]2(NC1)O[C@H]1C[C@H]3[C@@H]4CC[C@H]5C[CH]CC[C@]5(C)[C@H]4CC[C@]3(C)[C@H]1[C@H]2C. The summed E-state index contributed by atoms with van der Waals surface area (Å²) < 4.78 is 7.03. The van der Waals surface area contributed by atoms with Gasteiger partial charge in [0.1, 0.15) is 5.72 Å². The van der Waals surface area contributed by atoms with E-state index in [1.807, 2.05) is 0 Å². The van der Waals surface area contributed by atoms with Gasteiger partial charge in [-0.1, -0.05) is 27.7 Å². The molecule has 6 fully saturated rings. The van der Waals surface area contributed by atoms with Crippen LogP contribution in [-0.4, -0.2) is 18.4 Å². The van der Waals surface area contributed by atoms with E-state index in [9.17, 15) is 0 Å². The molecule has 2 nitrogen and oxygen atoms in total. The van der Waals surface area contributed by atoms with Crippen molar-refractivity contribution >= 4 is 0 Å². The fourth-order valence-electron chi connectivity index (χ4n) is 10.2. The number of fused-ring (bicyclic) bond motifs is 7. The highest BCUT2D eigenvalue weighted by atomic mass is 16.5. The molecule has 4 saturated carbocycles. The molecule has 0 aromatic carbocycles. The molecule has 2 heterocycles. The van der Waals surface area contributed by atoms with Crippen molar-refractivity contribution in [3.05, 3.63) is 6.42 Å². The van der Waals surface area contributed by atoms with Gasteiger partial charge in [-0.25, -0.2) is 0 Å². The van der Waals surface area contributed by atoms with E-state index in [2.05, 4.69) is 39.4 Å². The first-order valence-electron chi connectivity index (χ1n) is 13.1. The fraction of sp³-hybridized carbons (Fsp3) is 0.963. The molecule has 163 valence electrons. The molecule has 6 aliphatic rings. The van der Waals surface area contributed by atoms with Crippen molar-refractivity contribution in [1.29, 1.82) is 0 Å². The Morgan fingerprint density at radius 3 is 2.59 bits per heavy atom. The normalized spacial score (nSPS) is 61.7. The van der Waals surface area contributed by atoms with Crippen molar-refractivity contribution in [2.75, 3.05) is 6.54 Å². The number of piperidine rings is 1. The number of ether oxygens (including phenoxy) is 1. The second-order valence-corrected chi connectivity index (χ2v) is 12.9. The Morgan fingerprint density at radius 2 is 1.79 bits per heavy atom. The van der Waals surface area contributed by atoms with Crippen molar-refractivity contribution < 1.29 is 4.74 Å². The van der Waals surface area contributed by atoms with Crippen LogP contribution in [0.15, 0.2) is 0 Å². The molecule has 1 spiro atoms. The minimum Gasteiger partial charge on any atom is -0.357 e. The van der Waals surface area contributed by atoms with Gasteiger partial charge < -0.3 is 4.74 Å². The molecule has 2 aliphatic heterocycles. The standard InChI is InChI=1S/C27H44NO/c1-17-10-14-27(28-16-17)18(2)24-23(29-27)15-22-20-9-8-19-7-5-6-12-25(19,3)21(20)11-13-26(22,24)4/h5,17-24,28H,6-16H2,1-4H3/t17-,18-,19-,20-,21+,22+,23+,24+,25+,26+,27-/m1/s1. The van der Waals surface area contributed by atoms with Gasteiger partial charge in [0.2, 0.25) is 0 Å². The molecule has 1 radical (unpaired) electrons. The summed E-state index contributed by atoms with van der Waals surface area (Å²) in [5.74, 6) is 6.12. The molecule has 2 heteroatoms. The van der Waals surface area contributed by atoms with Gasteiger partial charge in [0.25, 0.3) is 0 Å². The molecule has 6 rings (SSSR count). The summed E-state index contributed by atoms with van der Waals surface area (Å²) in [5, 5.41) is 3.91. The summed E-state index contributed by atoms with van der Waals surface area (Å²) in [5.41, 5.74) is 1.14. The number of rotatable bonds is 0. The van der Waals surface area contributed by atoms with E-state index in [0.717, 1.165) is 42.1 Å². The topological polar surface area (TPSA) is 21.3 Å². The Kier molecular flexibility index (Phi) is 4.37. The van der Waals surface area contributed by atoms with Crippen LogP contribution in [0.1, 0.15) is 91.9 Å². The highest BCUT2D eigenvalue weighted by molar-refractivity contribution is 5.16. The average molecular weight is 399 g/mol. The molecule has 11 atom stereocenters. The Bertz CT molecular complexity index is 653. The molecular weight excluding hydrogens is 354 g/mol. The zero-order valence-electron chi connectivity index (χ0n) is 19.4. The van der Waals surface area contributed by atoms with E-state index in [1.54, 1.807) is 0 Å². The van der Waals surface area contributed by atoms with Gasteiger partial charge in [-0.2, -0.15) is 0 Å². The van der Waals surface area contributed by atoms with Gasteiger partial charge in [-0.05, 0) is 117 Å². The number of hydrogen-bond donors (Lipinski definition) is 1. The van der Waals surface area contributed by atoms with Crippen LogP contribution in [0.5, 0.6) is 0 Å². The smallest absolute Gasteiger partial charge is 0.122 e. The third-order valence-corrected chi connectivity index (χ3v) is 11.9. The van der Waals surface area contributed by atoms with Crippen molar-refractivity contribution in [1.82, 2.24) is 5.32 Å². The minimum absolute atomic E-state index is 0.00445. The number of nitrogens with one attached hydrogen (secondary N) is 1. The highest BCUT2D eigenvalue weighted by Crippen LogP contribution is 2.70. The molecule has 4 aliphatic carbocycles. The predicted molar refractivity (Wildman–Crippen MR) is 118 cm³/mol. The van der Waals surface area contributed by atoms with Crippen LogP contribution in [0, 0.1) is 58.7 Å². The Balaban J connectivity index is 1.27. The third-order valence-electron chi connectivity index (χ3n) is 11.9. The first-order valence-corrected chi connectivity index (χ1v) is 13.1. The van der Waals surface area contributed by atoms with Crippen LogP contribution in [0.3, 0.4) is 0 Å². The van der Waals surface area contributed by atoms with Crippen molar-refractivity contribution in [2.45, 2.75) is 104 Å². The largest absolute Gasteiger partial charge is 0.357 e.